The Bertz CT molecular complexity index is 688. The topological polar surface area (TPSA) is 34.6 Å². The predicted octanol–water partition coefficient (Wildman–Crippen LogP) is 3.01. The summed E-state index contributed by atoms with van der Waals surface area (Å²) < 4.78 is 11.3. The number of ether oxygens (including phenoxy) is 2. The average molecular weight is 314 g/mol. The molecule has 1 saturated heterocycles. The van der Waals surface area contributed by atoms with Crippen LogP contribution < -0.4 is 0 Å². The third-order valence-electron chi connectivity index (χ3n) is 4.30. The van der Waals surface area contributed by atoms with Gasteiger partial charge in [-0.1, -0.05) is 6.07 Å². The zero-order valence-corrected chi connectivity index (χ0v) is 14.6. The van der Waals surface area contributed by atoms with Crippen molar-refractivity contribution in [2.45, 2.75) is 33.4 Å². The lowest BCUT2D eigenvalue weighted by molar-refractivity contribution is -0.0962. The molecule has 1 atom stereocenters. The van der Waals surface area contributed by atoms with Crippen molar-refractivity contribution in [3.63, 3.8) is 0 Å². The molecule has 0 saturated carbocycles. The minimum Gasteiger partial charge on any atom is -0.376 e. The van der Waals surface area contributed by atoms with Crippen LogP contribution >= 0.6 is 0 Å². The molecule has 23 heavy (non-hydrogen) atoms. The highest BCUT2D eigenvalue weighted by atomic mass is 16.6. The van der Waals surface area contributed by atoms with Gasteiger partial charge < -0.3 is 9.47 Å². The van der Waals surface area contributed by atoms with Gasteiger partial charge in [0.05, 0.1) is 31.4 Å². The summed E-state index contributed by atoms with van der Waals surface area (Å²) in [5.74, 6) is 0. The third-order valence-corrected chi connectivity index (χ3v) is 4.30. The number of likely N-dealkylation sites (N-methyl/N-ethyl adjacent to an activating group) is 1. The summed E-state index contributed by atoms with van der Waals surface area (Å²) in [7, 11) is 2.14. The van der Waals surface area contributed by atoms with Gasteiger partial charge in [-0.3, -0.25) is 9.88 Å². The number of aryl methyl sites for hydroxylation is 3. The summed E-state index contributed by atoms with van der Waals surface area (Å²) in [4.78, 5) is 7.03. The van der Waals surface area contributed by atoms with Crippen molar-refractivity contribution in [3.05, 3.63) is 40.6 Å². The first-order chi connectivity index (χ1) is 11.0. The molecule has 4 heteroatoms. The first-order valence-corrected chi connectivity index (χ1v) is 8.28. The van der Waals surface area contributed by atoms with Crippen molar-refractivity contribution < 1.29 is 9.47 Å². The zero-order valence-electron chi connectivity index (χ0n) is 14.6. The average Bonchev–Trinajstić information content (AvgIpc) is 2.46. The maximum atomic E-state index is 5.76. The van der Waals surface area contributed by atoms with E-state index in [1.807, 2.05) is 0 Å². The van der Waals surface area contributed by atoms with Crippen LogP contribution in [0, 0.1) is 20.8 Å². The van der Waals surface area contributed by atoms with Crippen LogP contribution in [0.5, 0.6) is 0 Å². The van der Waals surface area contributed by atoms with Gasteiger partial charge in [-0.25, -0.2) is 0 Å². The standard InChI is InChI=1S/C19H26N2O2/c1-13-7-14(2)19-16(9-15(3)20-18(19)8-13)10-21(4)11-17-12-22-5-6-23-17/h7-9,17H,5-6,10-12H2,1-4H3. The van der Waals surface area contributed by atoms with Crippen LogP contribution in [0.4, 0.5) is 0 Å². The van der Waals surface area contributed by atoms with E-state index < -0.39 is 0 Å². The molecule has 1 aliphatic heterocycles. The molecular weight excluding hydrogens is 288 g/mol. The fourth-order valence-corrected chi connectivity index (χ4v) is 3.47. The summed E-state index contributed by atoms with van der Waals surface area (Å²) >= 11 is 0. The van der Waals surface area contributed by atoms with Gasteiger partial charge in [-0.05, 0) is 56.6 Å². The molecular formula is C19H26N2O2. The minimum absolute atomic E-state index is 0.172. The first-order valence-electron chi connectivity index (χ1n) is 8.28. The molecule has 2 heterocycles. The summed E-state index contributed by atoms with van der Waals surface area (Å²) in [6, 6.07) is 6.62. The van der Waals surface area contributed by atoms with Gasteiger partial charge in [0.25, 0.3) is 0 Å². The Hall–Kier alpha value is -1.49. The molecule has 0 amide bonds. The fourth-order valence-electron chi connectivity index (χ4n) is 3.47. The Morgan fingerprint density at radius 3 is 2.74 bits per heavy atom. The summed E-state index contributed by atoms with van der Waals surface area (Å²) in [5.41, 5.74) is 6.07. The molecule has 1 fully saturated rings. The van der Waals surface area contributed by atoms with E-state index in [1.54, 1.807) is 0 Å². The number of pyridine rings is 1. The Morgan fingerprint density at radius 1 is 1.17 bits per heavy atom. The van der Waals surface area contributed by atoms with Crippen molar-refractivity contribution in [1.29, 1.82) is 0 Å². The minimum atomic E-state index is 0.172. The monoisotopic (exact) mass is 314 g/mol. The second kappa shape index (κ2) is 6.95. The normalized spacial score (nSPS) is 18.7. The van der Waals surface area contributed by atoms with Crippen LogP contribution in [-0.2, 0) is 16.0 Å². The second-order valence-corrected chi connectivity index (χ2v) is 6.66. The predicted molar refractivity (Wildman–Crippen MR) is 92.8 cm³/mol. The summed E-state index contributed by atoms with van der Waals surface area (Å²) in [5, 5.41) is 1.29. The molecule has 0 aliphatic carbocycles. The van der Waals surface area contributed by atoms with E-state index in [1.165, 1.54) is 22.1 Å². The number of benzene rings is 1. The quantitative estimate of drug-likeness (QED) is 0.869. The highest BCUT2D eigenvalue weighted by Gasteiger charge is 2.17. The Labute approximate surface area is 138 Å². The third kappa shape index (κ3) is 3.89. The lowest BCUT2D eigenvalue weighted by Gasteiger charge is -2.28. The molecule has 1 aromatic heterocycles. The van der Waals surface area contributed by atoms with E-state index in [2.05, 4.69) is 50.9 Å². The molecule has 0 bridgehead atoms. The number of rotatable bonds is 4. The van der Waals surface area contributed by atoms with Gasteiger partial charge in [0.15, 0.2) is 0 Å². The first kappa shape index (κ1) is 16.4. The van der Waals surface area contributed by atoms with Crippen molar-refractivity contribution >= 4 is 10.9 Å². The number of nitrogens with zero attached hydrogens (tertiary/aromatic N) is 2. The van der Waals surface area contributed by atoms with Crippen molar-refractivity contribution in [2.75, 3.05) is 33.4 Å². The molecule has 2 aromatic rings. The van der Waals surface area contributed by atoms with E-state index in [9.17, 15) is 0 Å². The maximum Gasteiger partial charge on any atom is 0.0936 e. The van der Waals surface area contributed by atoms with Crippen LogP contribution in [0.25, 0.3) is 10.9 Å². The Morgan fingerprint density at radius 2 is 2.00 bits per heavy atom. The molecule has 1 aliphatic rings. The second-order valence-electron chi connectivity index (χ2n) is 6.66. The van der Waals surface area contributed by atoms with Gasteiger partial charge in [0, 0.05) is 24.2 Å². The van der Waals surface area contributed by atoms with Crippen LogP contribution in [0.3, 0.4) is 0 Å². The number of hydrogen-bond acceptors (Lipinski definition) is 4. The van der Waals surface area contributed by atoms with E-state index in [0.717, 1.165) is 24.3 Å². The molecule has 0 N–H and O–H groups in total. The van der Waals surface area contributed by atoms with Crippen molar-refractivity contribution in [2.24, 2.45) is 0 Å². The van der Waals surface area contributed by atoms with Gasteiger partial charge >= 0.3 is 0 Å². The van der Waals surface area contributed by atoms with Gasteiger partial charge in [0.2, 0.25) is 0 Å². The number of aromatic nitrogens is 1. The van der Waals surface area contributed by atoms with Gasteiger partial charge in [0.1, 0.15) is 0 Å². The van der Waals surface area contributed by atoms with Gasteiger partial charge in [-0.15, -0.1) is 0 Å². The number of hydrogen-bond donors (Lipinski definition) is 0. The SMILES string of the molecule is Cc1cc(C)c2c(CN(C)CC3COCCO3)cc(C)nc2c1. The van der Waals surface area contributed by atoms with Crippen LogP contribution in [-0.4, -0.2) is 49.4 Å². The summed E-state index contributed by atoms with van der Waals surface area (Å²) in [6.45, 7) is 10.3. The molecule has 4 nitrogen and oxygen atoms in total. The van der Waals surface area contributed by atoms with E-state index in [-0.39, 0.29) is 6.10 Å². The highest BCUT2D eigenvalue weighted by Crippen LogP contribution is 2.25. The highest BCUT2D eigenvalue weighted by molar-refractivity contribution is 5.86. The molecule has 1 unspecified atom stereocenters. The maximum absolute atomic E-state index is 5.76. The van der Waals surface area contributed by atoms with Crippen LogP contribution in [0.2, 0.25) is 0 Å². The lowest BCUT2D eigenvalue weighted by atomic mass is 10.00. The molecule has 3 rings (SSSR count). The fraction of sp³-hybridized carbons (Fsp3) is 0.526. The molecule has 124 valence electrons. The lowest BCUT2D eigenvalue weighted by Crippen LogP contribution is -2.38. The zero-order chi connectivity index (χ0) is 16.4. The van der Waals surface area contributed by atoms with Crippen molar-refractivity contribution in [1.82, 2.24) is 9.88 Å². The molecule has 0 radical (unpaired) electrons. The van der Waals surface area contributed by atoms with Gasteiger partial charge in [-0.2, -0.15) is 0 Å². The smallest absolute Gasteiger partial charge is 0.0936 e. The largest absolute Gasteiger partial charge is 0.376 e. The van der Waals surface area contributed by atoms with E-state index in [4.69, 9.17) is 14.5 Å². The van der Waals surface area contributed by atoms with Crippen molar-refractivity contribution in [3.8, 4) is 0 Å². The van der Waals surface area contributed by atoms with Crippen LogP contribution in [0.1, 0.15) is 22.4 Å². The Balaban J connectivity index is 1.84. The van der Waals surface area contributed by atoms with E-state index in [0.29, 0.717) is 19.8 Å². The Kier molecular flexibility index (Phi) is 4.95. The van der Waals surface area contributed by atoms with E-state index >= 15 is 0 Å². The molecule has 0 spiro atoms. The molecule has 1 aromatic carbocycles. The van der Waals surface area contributed by atoms with Crippen LogP contribution in [0.15, 0.2) is 18.2 Å². The number of fused-ring (bicyclic) bond motifs is 1. The summed E-state index contributed by atoms with van der Waals surface area (Å²) in [6.07, 6.45) is 0.172.